The fourth-order valence-corrected chi connectivity index (χ4v) is 2.22. The standard InChI is InChI=1S/C15H16N4O2/c1-16-11-5-3-10(4-6-11)15-17-13-8-7-12(18-21-2)9-14(13)19(15)20/h3-9,16,18,20H,1-2H3. The van der Waals surface area contributed by atoms with Crippen molar-refractivity contribution in [1.82, 2.24) is 9.71 Å². The molecule has 0 saturated carbocycles. The molecular formula is C15H16N4O2. The van der Waals surface area contributed by atoms with Gasteiger partial charge in [0.15, 0.2) is 5.82 Å². The van der Waals surface area contributed by atoms with Crippen LogP contribution >= 0.6 is 0 Å². The number of hydrogen-bond acceptors (Lipinski definition) is 5. The summed E-state index contributed by atoms with van der Waals surface area (Å²) in [5.41, 5.74) is 6.66. The van der Waals surface area contributed by atoms with Crippen LogP contribution in [0.4, 0.5) is 11.4 Å². The average molecular weight is 284 g/mol. The van der Waals surface area contributed by atoms with E-state index in [1.165, 1.54) is 7.11 Å². The Bertz CT molecular complexity index is 765. The lowest BCUT2D eigenvalue weighted by Gasteiger charge is -2.04. The molecule has 6 heteroatoms. The van der Waals surface area contributed by atoms with E-state index in [9.17, 15) is 5.21 Å². The van der Waals surface area contributed by atoms with Crippen LogP contribution in [0.5, 0.6) is 0 Å². The first-order valence-corrected chi connectivity index (χ1v) is 6.52. The van der Waals surface area contributed by atoms with Gasteiger partial charge in [0.25, 0.3) is 0 Å². The van der Waals surface area contributed by atoms with E-state index in [0.717, 1.165) is 21.7 Å². The van der Waals surface area contributed by atoms with Crippen molar-refractivity contribution >= 4 is 22.4 Å². The van der Waals surface area contributed by atoms with E-state index < -0.39 is 0 Å². The minimum Gasteiger partial charge on any atom is -0.426 e. The number of aromatic nitrogens is 2. The second-order valence-electron chi connectivity index (χ2n) is 4.58. The quantitative estimate of drug-likeness (QED) is 0.507. The van der Waals surface area contributed by atoms with Crippen LogP contribution in [0.3, 0.4) is 0 Å². The van der Waals surface area contributed by atoms with Crippen LogP contribution < -0.4 is 10.8 Å². The molecule has 0 unspecified atom stereocenters. The molecule has 21 heavy (non-hydrogen) atoms. The SMILES string of the molecule is CNc1ccc(-c2nc3ccc(NOC)cc3n2O)cc1. The highest BCUT2D eigenvalue weighted by atomic mass is 16.6. The molecule has 0 spiro atoms. The number of hydrogen-bond donors (Lipinski definition) is 3. The third kappa shape index (κ3) is 2.36. The summed E-state index contributed by atoms with van der Waals surface area (Å²) in [6.07, 6.45) is 0. The van der Waals surface area contributed by atoms with Crippen LogP contribution in [0.15, 0.2) is 42.5 Å². The lowest BCUT2D eigenvalue weighted by atomic mass is 10.2. The van der Waals surface area contributed by atoms with Crippen molar-refractivity contribution in [2.75, 3.05) is 25.0 Å². The lowest BCUT2D eigenvalue weighted by molar-refractivity contribution is 0.203. The molecular weight excluding hydrogens is 268 g/mol. The maximum atomic E-state index is 10.3. The predicted octanol–water partition coefficient (Wildman–Crippen LogP) is 2.96. The number of imidazole rings is 1. The second kappa shape index (κ2) is 5.34. The van der Waals surface area contributed by atoms with Gasteiger partial charge in [0.1, 0.15) is 5.52 Å². The molecule has 0 aliphatic rings. The molecule has 3 N–H and O–H groups in total. The summed E-state index contributed by atoms with van der Waals surface area (Å²) < 4.78 is 1.09. The van der Waals surface area contributed by atoms with Gasteiger partial charge in [0.2, 0.25) is 0 Å². The largest absolute Gasteiger partial charge is 0.426 e. The Morgan fingerprint density at radius 3 is 2.48 bits per heavy atom. The molecule has 1 aromatic heterocycles. The Morgan fingerprint density at radius 2 is 1.81 bits per heavy atom. The second-order valence-corrected chi connectivity index (χ2v) is 4.58. The van der Waals surface area contributed by atoms with Crippen LogP contribution in [0.1, 0.15) is 0 Å². The molecule has 0 fully saturated rings. The van der Waals surface area contributed by atoms with Gasteiger partial charge in [-0.05, 0) is 42.5 Å². The summed E-state index contributed by atoms with van der Waals surface area (Å²) in [6.45, 7) is 0. The fraction of sp³-hybridized carbons (Fsp3) is 0.133. The van der Waals surface area contributed by atoms with Crippen molar-refractivity contribution in [3.05, 3.63) is 42.5 Å². The highest BCUT2D eigenvalue weighted by molar-refractivity contribution is 5.83. The van der Waals surface area contributed by atoms with Gasteiger partial charge in [-0.15, -0.1) is 0 Å². The van der Waals surface area contributed by atoms with Crippen molar-refractivity contribution in [1.29, 1.82) is 0 Å². The van der Waals surface area contributed by atoms with Crippen molar-refractivity contribution in [2.24, 2.45) is 0 Å². The zero-order valence-electron chi connectivity index (χ0n) is 11.8. The van der Waals surface area contributed by atoms with Crippen LogP contribution in [-0.4, -0.2) is 29.1 Å². The van der Waals surface area contributed by atoms with E-state index >= 15 is 0 Å². The molecule has 0 aliphatic heterocycles. The smallest absolute Gasteiger partial charge is 0.176 e. The summed E-state index contributed by atoms with van der Waals surface area (Å²) in [6, 6.07) is 13.1. The Labute approximate surface area is 121 Å². The van der Waals surface area contributed by atoms with E-state index in [-0.39, 0.29) is 0 Å². The van der Waals surface area contributed by atoms with Crippen LogP contribution in [0, 0.1) is 0 Å². The molecule has 0 saturated heterocycles. The molecule has 0 atom stereocenters. The summed E-state index contributed by atoms with van der Waals surface area (Å²) in [5, 5.41) is 13.4. The van der Waals surface area contributed by atoms with Gasteiger partial charge in [-0.3, -0.25) is 10.3 Å². The van der Waals surface area contributed by atoms with Gasteiger partial charge in [-0.1, -0.05) is 0 Å². The van der Waals surface area contributed by atoms with Gasteiger partial charge in [-0.25, -0.2) is 4.98 Å². The van der Waals surface area contributed by atoms with E-state index in [2.05, 4.69) is 15.8 Å². The summed E-state index contributed by atoms with van der Waals surface area (Å²) >= 11 is 0. The normalized spacial score (nSPS) is 10.8. The van der Waals surface area contributed by atoms with Crippen LogP contribution in [-0.2, 0) is 4.84 Å². The molecule has 108 valence electrons. The summed E-state index contributed by atoms with van der Waals surface area (Å²) in [7, 11) is 3.40. The van der Waals surface area contributed by atoms with Gasteiger partial charge < -0.3 is 10.5 Å². The number of fused-ring (bicyclic) bond motifs is 1. The van der Waals surface area contributed by atoms with Crippen LogP contribution in [0.25, 0.3) is 22.4 Å². The Morgan fingerprint density at radius 1 is 1.10 bits per heavy atom. The Hall–Kier alpha value is -2.73. The lowest BCUT2D eigenvalue weighted by Crippen LogP contribution is -1.97. The molecule has 3 aromatic rings. The minimum absolute atomic E-state index is 0.502. The number of anilines is 2. The third-order valence-corrected chi connectivity index (χ3v) is 3.28. The maximum Gasteiger partial charge on any atom is 0.176 e. The van der Waals surface area contributed by atoms with Crippen molar-refractivity contribution < 1.29 is 10.0 Å². The number of nitrogens with zero attached hydrogens (tertiary/aromatic N) is 2. The predicted molar refractivity (Wildman–Crippen MR) is 82.5 cm³/mol. The number of rotatable bonds is 4. The van der Waals surface area contributed by atoms with Gasteiger partial charge in [0.05, 0.1) is 18.3 Å². The summed E-state index contributed by atoms with van der Waals surface area (Å²) in [5.74, 6) is 0.502. The first-order chi connectivity index (χ1) is 10.2. The molecule has 6 nitrogen and oxygen atoms in total. The monoisotopic (exact) mass is 284 g/mol. The minimum atomic E-state index is 0.502. The molecule has 1 heterocycles. The first-order valence-electron chi connectivity index (χ1n) is 6.52. The summed E-state index contributed by atoms with van der Waals surface area (Å²) in [4.78, 5) is 9.33. The Balaban J connectivity index is 2.07. The van der Waals surface area contributed by atoms with E-state index in [1.807, 2.05) is 43.4 Å². The molecule has 0 amide bonds. The number of nitrogens with one attached hydrogen (secondary N) is 2. The zero-order chi connectivity index (χ0) is 14.8. The van der Waals surface area contributed by atoms with E-state index in [1.54, 1.807) is 6.07 Å². The van der Waals surface area contributed by atoms with Crippen molar-refractivity contribution in [2.45, 2.75) is 0 Å². The molecule has 3 rings (SSSR count). The molecule has 0 radical (unpaired) electrons. The van der Waals surface area contributed by atoms with E-state index in [4.69, 9.17) is 4.84 Å². The topological polar surface area (TPSA) is 71.3 Å². The van der Waals surface area contributed by atoms with Crippen molar-refractivity contribution in [3.63, 3.8) is 0 Å². The van der Waals surface area contributed by atoms with E-state index in [0.29, 0.717) is 16.9 Å². The van der Waals surface area contributed by atoms with Crippen LogP contribution in [0.2, 0.25) is 0 Å². The van der Waals surface area contributed by atoms with Gasteiger partial charge in [-0.2, -0.15) is 4.73 Å². The zero-order valence-corrected chi connectivity index (χ0v) is 11.8. The Kier molecular flexibility index (Phi) is 3.37. The highest BCUT2D eigenvalue weighted by Gasteiger charge is 2.12. The highest BCUT2D eigenvalue weighted by Crippen LogP contribution is 2.26. The van der Waals surface area contributed by atoms with Gasteiger partial charge >= 0.3 is 0 Å². The average Bonchev–Trinajstić information content (AvgIpc) is 2.85. The van der Waals surface area contributed by atoms with Gasteiger partial charge in [0, 0.05) is 18.3 Å². The third-order valence-electron chi connectivity index (χ3n) is 3.28. The first kappa shape index (κ1) is 13.3. The number of benzene rings is 2. The fourth-order valence-electron chi connectivity index (χ4n) is 2.22. The molecule has 0 aliphatic carbocycles. The molecule has 0 bridgehead atoms. The van der Waals surface area contributed by atoms with Crippen molar-refractivity contribution in [3.8, 4) is 11.4 Å². The molecule has 2 aromatic carbocycles. The maximum absolute atomic E-state index is 10.3.